The molecule has 1 aromatic carbocycles. The minimum Gasteiger partial charge on any atom is -0.352 e. The Hall–Kier alpha value is -2.51. The number of hydrogen-bond donors (Lipinski definition) is 0. The second kappa shape index (κ2) is 7.96. The minimum absolute atomic E-state index is 0.0444. The molecule has 3 heterocycles. The molecule has 6 nitrogen and oxygen atoms in total. The lowest BCUT2D eigenvalue weighted by atomic mass is 10.2. The summed E-state index contributed by atoms with van der Waals surface area (Å²) in [4.78, 5) is 22.6. The van der Waals surface area contributed by atoms with Crippen molar-refractivity contribution in [3.05, 3.63) is 57.2 Å². The van der Waals surface area contributed by atoms with Gasteiger partial charge in [-0.15, -0.1) is 16.4 Å². The number of fused-ring (bicyclic) bond motifs is 1. The number of benzene rings is 1. The number of thiazole rings is 1. The predicted octanol–water partition coefficient (Wildman–Crippen LogP) is 4.01. The van der Waals surface area contributed by atoms with Gasteiger partial charge >= 0.3 is 0 Å². The third-order valence-electron chi connectivity index (χ3n) is 5.79. The van der Waals surface area contributed by atoms with Crippen molar-refractivity contribution in [2.75, 3.05) is 31.1 Å². The fourth-order valence-corrected chi connectivity index (χ4v) is 5.45. The summed E-state index contributed by atoms with van der Waals surface area (Å²) in [6.07, 6.45) is 3.30. The smallest absolute Gasteiger partial charge is 0.265 e. The number of nitrogens with zero attached hydrogens (tertiary/aromatic N) is 5. The number of aromatic nitrogens is 3. The molecule has 5 rings (SSSR count). The quantitative estimate of drug-likeness (QED) is 0.617. The first-order chi connectivity index (χ1) is 14.6. The van der Waals surface area contributed by atoms with E-state index >= 15 is 0 Å². The highest BCUT2D eigenvalue weighted by atomic mass is 35.5. The van der Waals surface area contributed by atoms with Crippen LogP contribution < -0.4 is 4.90 Å². The lowest BCUT2D eigenvalue weighted by Gasteiger charge is -2.35. The number of aryl methyl sites for hydroxylation is 3. The maximum absolute atomic E-state index is 13.2. The molecule has 0 saturated carbocycles. The molecule has 2 aliphatic rings. The molecule has 0 unspecified atom stereocenters. The maximum Gasteiger partial charge on any atom is 0.265 e. The van der Waals surface area contributed by atoms with Crippen molar-refractivity contribution in [3.8, 4) is 10.6 Å². The molecule has 0 atom stereocenters. The second-order valence-corrected chi connectivity index (χ2v) is 9.13. The molecular formula is C22H22ClN5OS. The van der Waals surface area contributed by atoms with Gasteiger partial charge in [0, 0.05) is 31.7 Å². The van der Waals surface area contributed by atoms with Crippen LogP contribution in [0.25, 0.3) is 10.6 Å². The molecule has 0 spiro atoms. The van der Waals surface area contributed by atoms with E-state index in [-0.39, 0.29) is 5.91 Å². The van der Waals surface area contributed by atoms with Gasteiger partial charge in [0.2, 0.25) is 0 Å². The third-order valence-corrected chi connectivity index (χ3v) is 7.30. The normalized spacial score (nSPS) is 16.1. The van der Waals surface area contributed by atoms with E-state index in [0.717, 1.165) is 53.7 Å². The molecule has 0 N–H and O–H groups in total. The molecule has 2 aromatic heterocycles. The molecule has 1 fully saturated rings. The molecule has 0 radical (unpaired) electrons. The first-order valence-electron chi connectivity index (χ1n) is 10.2. The Morgan fingerprint density at radius 2 is 1.90 bits per heavy atom. The van der Waals surface area contributed by atoms with Crippen LogP contribution in [0.4, 0.5) is 5.82 Å². The van der Waals surface area contributed by atoms with Gasteiger partial charge in [-0.2, -0.15) is 5.10 Å². The largest absolute Gasteiger partial charge is 0.352 e. The van der Waals surface area contributed by atoms with Gasteiger partial charge in [0.25, 0.3) is 5.91 Å². The Kier molecular flexibility index (Phi) is 5.16. The topological polar surface area (TPSA) is 62.2 Å². The van der Waals surface area contributed by atoms with E-state index in [1.807, 2.05) is 36.1 Å². The van der Waals surface area contributed by atoms with Crippen molar-refractivity contribution in [1.82, 2.24) is 20.1 Å². The molecule has 30 heavy (non-hydrogen) atoms. The molecule has 1 amide bonds. The Balaban J connectivity index is 1.29. The Bertz CT molecular complexity index is 1110. The summed E-state index contributed by atoms with van der Waals surface area (Å²) in [6, 6.07) is 9.78. The zero-order valence-corrected chi connectivity index (χ0v) is 18.3. The number of halogens is 1. The predicted molar refractivity (Wildman–Crippen MR) is 119 cm³/mol. The van der Waals surface area contributed by atoms with E-state index in [4.69, 9.17) is 11.6 Å². The molecule has 154 valence electrons. The standard InChI is InChI=1S/C22H22ClN5OS/c1-14-20(30-21(24-14)16-6-2-3-7-17(16)23)22(29)28-11-9-27(10-12-28)19-13-15-5-4-8-18(15)25-26-19/h2-3,6-7,13H,4-5,8-12H2,1H3. The van der Waals surface area contributed by atoms with Gasteiger partial charge in [0.05, 0.1) is 16.4 Å². The highest BCUT2D eigenvalue weighted by molar-refractivity contribution is 7.17. The van der Waals surface area contributed by atoms with Crippen molar-refractivity contribution in [2.45, 2.75) is 26.2 Å². The van der Waals surface area contributed by atoms with E-state index in [2.05, 4.69) is 26.1 Å². The van der Waals surface area contributed by atoms with Crippen molar-refractivity contribution < 1.29 is 4.79 Å². The molecule has 1 aliphatic heterocycles. The lowest BCUT2D eigenvalue weighted by molar-refractivity contribution is 0.0750. The molecule has 1 saturated heterocycles. The average molecular weight is 440 g/mol. The molecule has 3 aromatic rings. The first kappa shape index (κ1) is 19.5. The van der Waals surface area contributed by atoms with E-state index in [1.54, 1.807) is 0 Å². The van der Waals surface area contributed by atoms with Gasteiger partial charge in [-0.1, -0.05) is 29.8 Å². The highest BCUT2D eigenvalue weighted by Gasteiger charge is 2.27. The van der Waals surface area contributed by atoms with Crippen molar-refractivity contribution in [1.29, 1.82) is 0 Å². The SMILES string of the molecule is Cc1nc(-c2ccccc2Cl)sc1C(=O)N1CCN(c2cc3c(nn2)CCC3)CC1. The fourth-order valence-electron chi connectivity index (χ4n) is 4.10. The Morgan fingerprint density at radius 3 is 2.70 bits per heavy atom. The third kappa shape index (κ3) is 3.56. The Labute approximate surface area is 184 Å². The van der Waals surface area contributed by atoms with Gasteiger partial charge in [-0.25, -0.2) is 4.98 Å². The van der Waals surface area contributed by atoms with Crippen LogP contribution in [0.1, 0.15) is 33.0 Å². The second-order valence-electron chi connectivity index (χ2n) is 7.72. The summed E-state index contributed by atoms with van der Waals surface area (Å²) in [5, 5.41) is 10.2. The summed E-state index contributed by atoms with van der Waals surface area (Å²) in [6.45, 7) is 4.73. The molecular weight excluding hydrogens is 418 g/mol. The first-order valence-corrected chi connectivity index (χ1v) is 11.4. The van der Waals surface area contributed by atoms with Crippen LogP contribution in [0.15, 0.2) is 30.3 Å². The van der Waals surface area contributed by atoms with E-state index in [0.29, 0.717) is 23.0 Å². The fraction of sp³-hybridized carbons (Fsp3) is 0.364. The lowest BCUT2D eigenvalue weighted by Crippen LogP contribution is -2.49. The average Bonchev–Trinajstić information content (AvgIpc) is 3.39. The van der Waals surface area contributed by atoms with E-state index in [1.165, 1.54) is 23.3 Å². The summed E-state index contributed by atoms with van der Waals surface area (Å²) < 4.78 is 0. The van der Waals surface area contributed by atoms with Gasteiger partial charge < -0.3 is 9.80 Å². The van der Waals surface area contributed by atoms with Crippen LogP contribution in [0.2, 0.25) is 5.02 Å². The van der Waals surface area contributed by atoms with Crippen molar-refractivity contribution in [3.63, 3.8) is 0 Å². The van der Waals surface area contributed by atoms with Crippen molar-refractivity contribution >= 4 is 34.7 Å². The number of hydrogen-bond acceptors (Lipinski definition) is 6. The van der Waals surface area contributed by atoms with Gasteiger partial charge in [-0.3, -0.25) is 4.79 Å². The van der Waals surface area contributed by atoms with Crippen molar-refractivity contribution in [2.24, 2.45) is 0 Å². The molecule has 0 bridgehead atoms. The molecule has 8 heteroatoms. The Morgan fingerprint density at radius 1 is 1.10 bits per heavy atom. The van der Waals surface area contributed by atoms with E-state index in [9.17, 15) is 4.79 Å². The summed E-state index contributed by atoms with van der Waals surface area (Å²) in [5.41, 5.74) is 4.09. The van der Waals surface area contributed by atoms with Crippen LogP contribution in [-0.2, 0) is 12.8 Å². The summed E-state index contributed by atoms with van der Waals surface area (Å²) in [7, 11) is 0. The van der Waals surface area contributed by atoms with Crippen LogP contribution in [0, 0.1) is 6.92 Å². The molecule has 1 aliphatic carbocycles. The maximum atomic E-state index is 13.2. The summed E-state index contributed by atoms with van der Waals surface area (Å²) in [5.74, 6) is 0.973. The number of rotatable bonds is 3. The minimum atomic E-state index is 0.0444. The zero-order valence-electron chi connectivity index (χ0n) is 16.8. The van der Waals surface area contributed by atoms with Crippen LogP contribution in [0.5, 0.6) is 0 Å². The number of carbonyl (C=O) groups is 1. The number of piperazine rings is 1. The summed E-state index contributed by atoms with van der Waals surface area (Å²) >= 11 is 7.73. The number of amides is 1. The van der Waals surface area contributed by atoms with Gasteiger partial charge in [0.1, 0.15) is 9.88 Å². The zero-order chi connectivity index (χ0) is 20.7. The van der Waals surface area contributed by atoms with Gasteiger partial charge in [0.15, 0.2) is 5.82 Å². The number of carbonyl (C=O) groups excluding carboxylic acids is 1. The van der Waals surface area contributed by atoms with E-state index < -0.39 is 0 Å². The van der Waals surface area contributed by atoms with Crippen LogP contribution in [0.3, 0.4) is 0 Å². The van der Waals surface area contributed by atoms with Crippen LogP contribution >= 0.6 is 22.9 Å². The number of anilines is 1. The van der Waals surface area contributed by atoms with Gasteiger partial charge in [-0.05, 0) is 43.9 Å². The van der Waals surface area contributed by atoms with Crippen LogP contribution in [-0.4, -0.2) is 52.2 Å². The highest BCUT2D eigenvalue weighted by Crippen LogP contribution is 2.33. The monoisotopic (exact) mass is 439 g/mol.